The molecule has 0 aliphatic heterocycles. The SMILES string of the molecule is CCCCC1(CCCC)c2ccccc2-c2ccc(-c3cnn(-c4cccc(Oc5[c-]c6c(cc5)c5ccccc5n6-c5ccccn5)c4)c3)cc21.[Pt]. The predicted molar refractivity (Wildman–Crippen MR) is 212 cm³/mol. The van der Waals surface area contributed by atoms with Crippen molar-refractivity contribution in [3.05, 3.63) is 157 Å². The van der Waals surface area contributed by atoms with Crippen LogP contribution in [0.5, 0.6) is 11.5 Å². The van der Waals surface area contributed by atoms with Crippen LogP contribution in [0.4, 0.5) is 0 Å². The number of unbranched alkanes of at least 4 members (excludes halogenated alkanes) is 2. The first-order chi connectivity index (χ1) is 25.7. The summed E-state index contributed by atoms with van der Waals surface area (Å²) in [6.45, 7) is 4.61. The Balaban J connectivity index is 0.00000400. The van der Waals surface area contributed by atoms with Gasteiger partial charge in [-0.25, -0.2) is 9.67 Å². The third-order valence-corrected chi connectivity index (χ3v) is 10.8. The van der Waals surface area contributed by atoms with Gasteiger partial charge in [-0.3, -0.25) is 0 Å². The van der Waals surface area contributed by atoms with Gasteiger partial charge in [-0.1, -0.05) is 112 Å². The Hall–Kier alpha value is -5.25. The van der Waals surface area contributed by atoms with Crippen molar-refractivity contribution < 1.29 is 25.8 Å². The van der Waals surface area contributed by atoms with Gasteiger partial charge in [0.15, 0.2) is 0 Å². The van der Waals surface area contributed by atoms with Gasteiger partial charge in [-0.15, -0.1) is 17.5 Å². The summed E-state index contributed by atoms with van der Waals surface area (Å²) in [4.78, 5) is 4.65. The number of para-hydroxylation sites is 1. The van der Waals surface area contributed by atoms with Gasteiger partial charge >= 0.3 is 0 Å². The molecule has 6 heteroatoms. The Morgan fingerprint density at radius 3 is 2.32 bits per heavy atom. The minimum absolute atomic E-state index is 0. The summed E-state index contributed by atoms with van der Waals surface area (Å²) in [5, 5.41) is 7.09. The number of ether oxygens (including phenoxy) is 1. The van der Waals surface area contributed by atoms with E-state index in [4.69, 9.17) is 9.84 Å². The van der Waals surface area contributed by atoms with Crippen molar-refractivity contribution >= 4 is 21.8 Å². The summed E-state index contributed by atoms with van der Waals surface area (Å²) >= 11 is 0. The van der Waals surface area contributed by atoms with E-state index >= 15 is 0 Å². The third-order valence-electron chi connectivity index (χ3n) is 10.8. The largest absolute Gasteiger partial charge is 0.483 e. The van der Waals surface area contributed by atoms with Crippen LogP contribution in [-0.2, 0) is 26.5 Å². The Bertz CT molecular complexity index is 2540. The molecule has 0 bridgehead atoms. The van der Waals surface area contributed by atoms with Gasteiger partial charge in [-0.2, -0.15) is 11.2 Å². The zero-order valence-corrected chi connectivity index (χ0v) is 32.3. The molecule has 0 saturated carbocycles. The number of hydrogen-bond donors (Lipinski definition) is 0. The van der Waals surface area contributed by atoms with Gasteiger partial charge in [0, 0.05) is 61.8 Å². The molecule has 0 fully saturated rings. The number of benzene rings is 5. The van der Waals surface area contributed by atoms with Gasteiger partial charge in [-0.05, 0) is 82.4 Å². The van der Waals surface area contributed by atoms with E-state index in [2.05, 4.69) is 115 Å². The molecule has 0 spiro atoms. The Kier molecular flexibility index (Phi) is 9.62. The van der Waals surface area contributed by atoms with Crippen LogP contribution in [0.25, 0.3) is 55.6 Å². The van der Waals surface area contributed by atoms with Crippen LogP contribution in [0.1, 0.15) is 63.5 Å². The molecule has 0 saturated heterocycles. The number of pyridine rings is 1. The van der Waals surface area contributed by atoms with Crippen LogP contribution < -0.4 is 4.74 Å². The van der Waals surface area contributed by atoms with E-state index in [1.807, 2.05) is 59.5 Å². The molecule has 1 aliphatic rings. The fourth-order valence-electron chi connectivity index (χ4n) is 8.34. The van der Waals surface area contributed by atoms with E-state index < -0.39 is 0 Å². The van der Waals surface area contributed by atoms with E-state index in [0.717, 1.165) is 44.6 Å². The van der Waals surface area contributed by atoms with Crippen LogP contribution in [-0.4, -0.2) is 19.3 Å². The van der Waals surface area contributed by atoms with Gasteiger partial charge in [0.25, 0.3) is 0 Å². The molecule has 9 rings (SSSR count). The molecule has 53 heavy (non-hydrogen) atoms. The fourth-order valence-corrected chi connectivity index (χ4v) is 8.34. The first-order valence-electron chi connectivity index (χ1n) is 18.6. The molecule has 1 aliphatic carbocycles. The number of rotatable bonds is 11. The van der Waals surface area contributed by atoms with Crippen molar-refractivity contribution in [1.29, 1.82) is 0 Å². The molecule has 5 aromatic carbocycles. The molecule has 5 nitrogen and oxygen atoms in total. The zero-order chi connectivity index (χ0) is 35.1. The van der Waals surface area contributed by atoms with Crippen LogP contribution in [0, 0.1) is 6.07 Å². The molecule has 3 heterocycles. The number of fused-ring (bicyclic) bond motifs is 6. The van der Waals surface area contributed by atoms with Crippen LogP contribution in [0.3, 0.4) is 0 Å². The predicted octanol–water partition coefficient (Wildman–Crippen LogP) is 12.3. The summed E-state index contributed by atoms with van der Waals surface area (Å²) in [7, 11) is 0. The second kappa shape index (κ2) is 14.6. The standard InChI is InChI=1S/C47H41N4O.Pt/c1-3-5-25-47(26-6-4-2)42-18-9-7-16-38(42)39-23-21-33(28-43(39)47)34-31-49-50(32-34)35-14-13-15-36(29-35)52-37-22-24-41-40-17-8-10-19-44(40)51(45(41)30-37)46-20-11-12-27-48-46;/h7-24,27-29,31-32H,3-6,25-26H2,1-2H3;/q-1;. The van der Waals surface area contributed by atoms with Crippen molar-refractivity contribution in [2.75, 3.05) is 0 Å². The van der Waals surface area contributed by atoms with Gasteiger partial charge in [0.2, 0.25) is 0 Å². The molecule has 0 unspecified atom stereocenters. The Morgan fingerprint density at radius 1 is 0.698 bits per heavy atom. The van der Waals surface area contributed by atoms with Crippen LogP contribution >= 0.6 is 0 Å². The summed E-state index contributed by atoms with van der Waals surface area (Å²) in [5.41, 5.74) is 11.1. The Morgan fingerprint density at radius 2 is 1.49 bits per heavy atom. The van der Waals surface area contributed by atoms with Crippen molar-refractivity contribution in [3.8, 4) is 45.3 Å². The third kappa shape index (κ3) is 6.11. The second-order valence-corrected chi connectivity index (χ2v) is 14.0. The maximum Gasteiger partial charge on any atom is 0.135 e. The maximum absolute atomic E-state index is 6.46. The van der Waals surface area contributed by atoms with E-state index in [1.165, 1.54) is 66.3 Å². The molecule has 0 radical (unpaired) electrons. The topological polar surface area (TPSA) is 44.9 Å². The zero-order valence-electron chi connectivity index (χ0n) is 30.0. The number of aromatic nitrogens is 4. The quantitative estimate of drug-likeness (QED) is 0.122. The molecule has 3 aromatic heterocycles. The summed E-state index contributed by atoms with van der Waals surface area (Å²) < 4.78 is 10.6. The summed E-state index contributed by atoms with van der Waals surface area (Å²) in [6.07, 6.45) is 13.1. The molecule has 0 N–H and O–H groups in total. The van der Waals surface area contributed by atoms with Crippen LogP contribution in [0.15, 0.2) is 140 Å². The first kappa shape index (κ1) is 34.8. The number of nitrogens with zero attached hydrogens (tertiary/aromatic N) is 4. The van der Waals surface area contributed by atoms with E-state index in [9.17, 15) is 0 Å². The molecule has 8 aromatic rings. The fraction of sp³-hybridized carbons (Fsp3) is 0.191. The Labute approximate surface area is 325 Å². The monoisotopic (exact) mass is 872 g/mol. The summed E-state index contributed by atoms with van der Waals surface area (Å²) in [5.74, 6) is 2.20. The van der Waals surface area contributed by atoms with Gasteiger partial charge in [0.1, 0.15) is 11.6 Å². The van der Waals surface area contributed by atoms with E-state index in [-0.39, 0.29) is 26.5 Å². The summed E-state index contributed by atoms with van der Waals surface area (Å²) in [6, 6.07) is 46.3. The minimum atomic E-state index is 0. The van der Waals surface area contributed by atoms with Crippen molar-refractivity contribution in [1.82, 2.24) is 19.3 Å². The van der Waals surface area contributed by atoms with Gasteiger partial charge < -0.3 is 9.30 Å². The van der Waals surface area contributed by atoms with Crippen molar-refractivity contribution in [2.24, 2.45) is 0 Å². The smallest absolute Gasteiger partial charge is 0.135 e. The van der Waals surface area contributed by atoms with Crippen molar-refractivity contribution in [3.63, 3.8) is 0 Å². The normalized spacial score (nSPS) is 12.8. The average Bonchev–Trinajstić information content (AvgIpc) is 3.89. The molecular formula is C47H41N4OPt-. The first-order valence-corrected chi connectivity index (χ1v) is 18.6. The number of hydrogen-bond acceptors (Lipinski definition) is 3. The van der Waals surface area contributed by atoms with E-state index in [1.54, 1.807) is 0 Å². The van der Waals surface area contributed by atoms with Crippen LogP contribution in [0.2, 0.25) is 0 Å². The second-order valence-electron chi connectivity index (χ2n) is 14.0. The van der Waals surface area contributed by atoms with Gasteiger partial charge in [0.05, 0.1) is 11.9 Å². The maximum atomic E-state index is 6.46. The van der Waals surface area contributed by atoms with Crippen molar-refractivity contribution in [2.45, 2.75) is 57.8 Å². The average molecular weight is 873 g/mol. The molecule has 0 amide bonds. The minimum Gasteiger partial charge on any atom is -0.483 e. The van der Waals surface area contributed by atoms with E-state index in [0.29, 0.717) is 5.75 Å². The molecule has 266 valence electrons. The molecule has 0 atom stereocenters. The molecular weight excluding hydrogens is 832 g/mol.